The summed E-state index contributed by atoms with van der Waals surface area (Å²) < 4.78 is 5.74. The molecule has 2 aliphatic heterocycles. The van der Waals surface area contributed by atoms with Crippen molar-refractivity contribution in [3.8, 4) is 0 Å². The molecule has 9 nitrogen and oxygen atoms in total. The van der Waals surface area contributed by atoms with Crippen molar-refractivity contribution in [2.45, 2.75) is 50.3 Å². The van der Waals surface area contributed by atoms with Crippen LogP contribution < -0.4 is 21.7 Å². The number of likely N-dealkylation sites (N-methyl/N-ethyl adjacent to an activating group) is 1. The van der Waals surface area contributed by atoms with Gasteiger partial charge in [-0.05, 0) is 25.5 Å². The molecule has 9 heteroatoms. The van der Waals surface area contributed by atoms with E-state index in [0.29, 0.717) is 19.4 Å². The molecular weight excluding hydrogens is 362 g/mol. The lowest BCUT2D eigenvalue weighted by atomic mass is 10.1. The van der Waals surface area contributed by atoms with Crippen molar-refractivity contribution in [1.82, 2.24) is 20.9 Å². The summed E-state index contributed by atoms with van der Waals surface area (Å²) in [5, 5.41) is 8.12. The number of nitrogens with zero attached hydrogens (tertiary/aromatic N) is 1. The zero-order valence-corrected chi connectivity index (χ0v) is 15.9. The quantitative estimate of drug-likeness (QED) is 0.445. The van der Waals surface area contributed by atoms with E-state index in [1.807, 2.05) is 30.3 Å². The maximum atomic E-state index is 12.9. The van der Waals surface area contributed by atoms with Gasteiger partial charge in [0, 0.05) is 19.0 Å². The predicted molar refractivity (Wildman–Crippen MR) is 101 cm³/mol. The van der Waals surface area contributed by atoms with Crippen LogP contribution in [-0.2, 0) is 25.7 Å². The van der Waals surface area contributed by atoms with Crippen molar-refractivity contribution in [2.24, 2.45) is 5.73 Å². The summed E-state index contributed by atoms with van der Waals surface area (Å²) in [4.78, 5) is 38.8. The summed E-state index contributed by atoms with van der Waals surface area (Å²) in [6, 6.07) is 8.60. The molecule has 0 aromatic heterocycles. The fourth-order valence-electron chi connectivity index (χ4n) is 3.57. The average molecular weight is 389 g/mol. The first-order chi connectivity index (χ1) is 13.5. The highest BCUT2D eigenvalue weighted by Gasteiger charge is 2.45. The zero-order valence-electron chi connectivity index (χ0n) is 15.9. The van der Waals surface area contributed by atoms with Crippen molar-refractivity contribution in [3.05, 3.63) is 35.9 Å². The molecule has 0 radical (unpaired) electrons. The van der Waals surface area contributed by atoms with Gasteiger partial charge >= 0.3 is 0 Å². The number of fused-ring (bicyclic) bond motifs is 1. The molecule has 2 heterocycles. The van der Waals surface area contributed by atoms with E-state index in [2.05, 4.69) is 16.0 Å². The molecule has 2 saturated heterocycles. The molecule has 0 bridgehead atoms. The first kappa shape index (κ1) is 20.2. The zero-order chi connectivity index (χ0) is 20.1. The van der Waals surface area contributed by atoms with Gasteiger partial charge in [0.2, 0.25) is 11.8 Å². The maximum Gasteiger partial charge on any atom is 0.252 e. The van der Waals surface area contributed by atoms with Gasteiger partial charge in [-0.1, -0.05) is 30.3 Å². The number of nitrogens with two attached hydrogens (primary N) is 1. The Kier molecular flexibility index (Phi) is 6.61. The number of rotatable bonds is 7. The van der Waals surface area contributed by atoms with Gasteiger partial charge in [0.05, 0.1) is 6.61 Å². The maximum absolute atomic E-state index is 12.9. The molecule has 0 saturated carbocycles. The number of ether oxygens (including phenoxy) is 1. The molecule has 0 spiro atoms. The van der Waals surface area contributed by atoms with E-state index in [4.69, 9.17) is 10.5 Å². The van der Waals surface area contributed by atoms with E-state index in [1.165, 1.54) is 0 Å². The van der Waals surface area contributed by atoms with Crippen LogP contribution in [0.4, 0.5) is 0 Å². The molecule has 152 valence electrons. The second-order valence-electron chi connectivity index (χ2n) is 7.06. The molecule has 0 aliphatic carbocycles. The summed E-state index contributed by atoms with van der Waals surface area (Å²) in [5.41, 5.74) is 6.63. The lowest BCUT2D eigenvalue weighted by molar-refractivity contribution is -0.165. The number of benzene rings is 1. The van der Waals surface area contributed by atoms with Gasteiger partial charge in [-0.15, -0.1) is 0 Å². The number of carbonyl (C=O) groups excluding carboxylic acids is 3. The Morgan fingerprint density at radius 2 is 2.04 bits per heavy atom. The van der Waals surface area contributed by atoms with Crippen LogP contribution in [0.5, 0.6) is 0 Å². The Morgan fingerprint density at radius 3 is 2.75 bits per heavy atom. The molecule has 28 heavy (non-hydrogen) atoms. The van der Waals surface area contributed by atoms with Crippen LogP contribution in [0.1, 0.15) is 24.8 Å². The number of hydrogen-bond donors (Lipinski definition) is 4. The standard InChI is InChI=1S/C19H27N5O4/c1-21-17(20)18(26)23-14-11-28-16-8-7-13(24(16)19(14)27)9-15(25)22-10-12-5-3-2-4-6-12/h2-6,13-14,16-17,21H,7-11,20H2,1H3,(H,22,25)(H,23,26)/t13?,14-,16-,17+/m0/s1. The smallest absolute Gasteiger partial charge is 0.252 e. The number of carbonyl (C=O) groups is 3. The van der Waals surface area contributed by atoms with Crippen molar-refractivity contribution in [2.75, 3.05) is 13.7 Å². The van der Waals surface area contributed by atoms with Gasteiger partial charge in [0.15, 0.2) is 0 Å². The van der Waals surface area contributed by atoms with Gasteiger partial charge < -0.3 is 26.0 Å². The van der Waals surface area contributed by atoms with E-state index in [0.717, 1.165) is 5.56 Å². The van der Waals surface area contributed by atoms with Crippen molar-refractivity contribution >= 4 is 17.7 Å². The fraction of sp³-hybridized carbons (Fsp3) is 0.526. The van der Waals surface area contributed by atoms with Gasteiger partial charge in [-0.25, -0.2) is 0 Å². The molecule has 4 atom stereocenters. The second-order valence-corrected chi connectivity index (χ2v) is 7.06. The van der Waals surface area contributed by atoms with E-state index < -0.39 is 18.1 Å². The van der Waals surface area contributed by atoms with Crippen molar-refractivity contribution in [3.63, 3.8) is 0 Å². The molecule has 1 unspecified atom stereocenters. The summed E-state index contributed by atoms with van der Waals surface area (Å²) in [6.07, 6.45) is 0.328. The summed E-state index contributed by atoms with van der Waals surface area (Å²) in [7, 11) is 1.56. The largest absolute Gasteiger partial charge is 0.356 e. The first-order valence-electron chi connectivity index (χ1n) is 9.47. The highest BCUT2D eigenvalue weighted by atomic mass is 16.5. The van der Waals surface area contributed by atoms with Gasteiger partial charge in [0.25, 0.3) is 5.91 Å². The van der Waals surface area contributed by atoms with Crippen LogP contribution in [0.15, 0.2) is 30.3 Å². The second kappa shape index (κ2) is 9.13. The minimum atomic E-state index is -0.899. The molecule has 5 N–H and O–H groups in total. The lowest BCUT2D eigenvalue weighted by Gasteiger charge is -2.38. The van der Waals surface area contributed by atoms with Gasteiger partial charge in [0.1, 0.15) is 18.4 Å². The monoisotopic (exact) mass is 389 g/mol. The third kappa shape index (κ3) is 4.67. The highest BCUT2D eigenvalue weighted by molar-refractivity contribution is 5.90. The fourth-order valence-corrected chi connectivity index (χ4v) is 3.57. The SMILES string of the molecule is CN[C@@H](N)C(=O)N[C@H]1CO[C@H]2CCC(CC(=O)NCc3ccccc3)N2C1=O. The first-order valence-corrected chi connectivity index (χ1v) is 9.47. The van der Waals surface area contributed by atoms with E-state index in [-0.39, 0.29) is 37.1 Å². The number of amides is 3. The summed E-state index contributed by atoms with van der Waals surface area (Å²) in [6.45, 7) is 0.552. The molecule has 2 fully saturated rings. The van der Waals surface area contributed by atoms with Crippen molar-refractivity contribution < 1.29 is 19.1 Å². The van der Waals surface area contributed by atoms with E-state index in [9.17, 15) is 14.4 Å². The third-order valence-corrected chi connectivity index (χ3v) is 5.12. The van der Waals surface area contributed by atoms with Crippen LogP contribution in [0.25, 0.3) is 0 Å². The predicted octanol–water partition coefficient (Wildman–Crippen LogP) is -0.971. The highest BCUT2D eigenvalue weighted by Crippen LogP contribution is 2.30. The minimum Gasteiger partial charge on any atom is -0.356 e. The molecule has 2 aliphatic rings. The van der Waals surface area contributed by atoms with Crippen LogP contribution in [0.3, 0.4) is 0 Å². The lowest BCUT2D eigenvalue weighted by Crippen LogP contribution is -2.62. The molecular formula is C19H27N5O4. The van der Waals surface area contributed by atoms with Crippen LogP contribution in [0.2, 0.25) is 0 Å². The minimum absolute atomic E-state index is 0.106. The van der Waals surface area contributed by atoms with Gasteiger partial charge in [-0.2, -0.15) is 0 Å². The third-order valence-electron chi connectivity index (χ3n) is 5.12. The van der Waals surface area contributed by atoms with Gasteiger partial charge in [-0.3, -0.25) is 19.7 Å². The van der Waals surface area contributed by atoms with Crippen LogP contribution >= 0.6 is 0 Å². The molecule has 3 rings (SSSR count). The Hall–Kier alpha value is -2.49. The molecule has 1 aromatic carbocycles. The Balaban J connectivity index is 1.55. The molecule has 3 amide bonds. The normalized spacial score (nSPS) is 25.1. The van der Waals surface area contributed by atoms with Crippen molar-refractivity contribution in [1.29, 1.82) is 0 Å². The van der Waals surface area contributed by atoms with Crippen LogP contribution in [-0.4, -0.2) is 60.8 Å². The Labute approximate surface area is 164 Å². The Morgan fingerprint density at radius 1 is 1.29 bits per heavy atom. The number of nitrogens with one attached hydrogen (secondary N) is 3. The number of hydrogen-bond acceptors (Lipinski definition) is 6. The van der Waals surface area contributed by atoms with Crippen LogP contribution in [0, 0.1) is 0 Å². The average Bonchev–Trinajstić information content (AvgIpc) is 3.12. The topological polar surface area (TPSA) is 126 Å². The summed E-state index contributed by atoms with van der Waals surface area (Å²) in [5.74, 6) is -0.823. The van der Waals surface area contributed by atoms with E-state index >= 15 is 0 Å². The van der Waals surface area contributed by atoms with E-state index in [1.54, 1.807) is 11.9 Å². The Bertz CT molecular complexity index is 714. The molecule has 1 aromatic rings. The summed E-state index contributed by atoms with van der Waals surface area (Å²) >= 11 is 0.